The third kappa shape index (κ3) is 4.55. The van der Waals surface area contributed by atoms with E-state index in [2.05, 4.69) is 10.6 Å². The topological polar surface area (TPSA) is 96.2 Å². The van der Waals surface area contributed by atoms with Crippen LogP contribution in [0.4, 0.5) is 17.5 Å². The molecule has 3 aromatic rings. The number of anilines is 3. The van der Waals surface area contributed by atoms with Crippen molar-refractivity contribution < 1.29 is 4.79 Å². The van der Waals surface area contributed by atoms with Gasteiger partial charge >= 0.3 is 0 Å². The van der Waals surface area contributed by atoms with Gasteiger partial charge < -0.3 is 21.3 Å². The number of nitrogens with zero attached hydrogens (tertiary/aromatic N) is 3. The number of hydrogen-bond donors (Lipinski definition) is 3. The van der Waals surface area contributed by atoms with Gasteiger partial charge in [-0.1, -0.05) is 24.3 Å². The Morgan fingerprint density at radius 2 is 1.71 bits per heavy atom. The fraction of sp³-hybridized carbons (Fsp3) is 0.375. The number of rotatable bonds is 5. The van der Waals surface area contributed by atoms with Crippen LogP contribution in [0, 0.1) is 6.92 Å². The number of amides is 1. The summed E-state index contributed by atoms with van der Waals surface area (Å²) in [5.41, 5.74) is 9.05. The molecule has 7 heteroatoms. The maximum Gasteiger partial charge on any atom is 0.253 e. The highest BCUT2D eigenvalue weighted by Crippen LogP contribution is 2.26. The quantitative estimate of drug-likeness (QED) is 0.546. The van der Waals surface area contributed by atoms with Gasteiger partial charge in [0.25, 0.3) is 5.91 Å². The molecule has 1 fully saturated rings. The SMILES string of the molecule is Cc1cccc(C(=O)N[C@H]2CC[C@@H](Nc3nc(N(C)C)c4ccccc4n3)CC2)c1N. The molecule has 0 saturated heterocycles. The second-order valence-corrected chi connectivity index (χ2v) is 8.48. The predicted octanol–water partition coefficient (Wildman–Crippen LogP) is 3.74. The van der Waals surface area contributed by atoms with Crippen molar-refractivity contribution in [1.82, 2.24) is 15.3 Å². The summed E-state index contributed by atoms with van der Waals surface area (Å²) < 4.78 is 0. The smallest absolute Gasteiger partial charge is 0.253 e. The van der Waals surface area contributed by atoms with Crippen LogP contribution in [0.3, 0.4) is 0 Å². The number of benzene rings is 2. The molecule has 2 aromatic carbocycles. The van der Waals surface area contributed by atoms with Gasteiger partial charge in [-0.2, -0.15) is 4.98 Å². The second-order valence-electron chi connectivity index (χ2n) is 8.48. The fourth-order valence-corrected chi connectivity index (χ4v) is 4.17. The largest absolute Gasteiger partial charge is 0.398 e. The molecule has 0 unspecified atom stereocenters. The van der Waals surface area contributed by atoms with Gasteiger partial charge in [-0.3, -0.25) is 4.79 Å². The van der Waals surface area contributed by atoms with Crippen molar-refractivity contribution in [2.45, 2.75) is 44.7 Å². The average molecular weight is 419 g/mol. The Labute approximate surface area is 183 Å². The van der Waals surface area contributed by atoms with Crippen LogP contribution >= 0.6 is 0 Å². The normalized spacial score (nSPS) is 18.5. The van der Waals surface area contributed by atoms with Crippen molar-refractivity contribution in [2.75, 3.05) is 30.0 Å². The standard InChI is InChI=1S/C24H30N6O/c1-15-7-6-9-19(21(15)25)23(31)26-16-11-13-17(14-12-16)27-24-28-20-10-5-4-8-18(20)22(29-24)30(2)3/h4-10,16-17H,11-14,25H2,1-3H3,(H,26,31)(H,27,28,29)/t16-,17+. The second kappa shape index (κ2) is 8.79. The summed E-state index contributed by atoms with van der Waals surface area (Å²) in [4.78, 5) is 24.1. The summed E-state index contributed by atoms with van der Waals surface area (Å²) in [6.07, 6.45) is 3.70. The third-order valence-corrected chi connectivity index (χ3v) is 5.97. The Morgan fingerprint density at radius 3 is 2.45 bits per heavy atom. The Bertz CT molecular complexity index is 1090. The van der Waals surface area contributed by atoms with E-state index in [9.17, 15) is 4.79 Å². The first-order valence-electron chi connectivity index (χ1n) is 10.8. The first kappa shape index (κ1) is 20.9. The minimum atomic E-state index is -0.0916. The van der Waals surface area contributed by atoms with Gasteiger partial charge in [0.15, 0.2) is 0 Å². The van der Waals surface area contributed by atoms with Crippen LogP contribution in [0.25, 0.3) is 10.9 Å². The van der Waals surface area contributed by atoms with E-state index in [4.69, 9.17) is 15.7 Å². The lowest BCUT2D eigenvalue weighted by Crippen LogP contribution is -2.40. The van der Waals surface area contributed by atoms with E-state index in [1.807, 2.05) is 62.3 Å². The van der Waals surface area contributed by atoms with E-state index >= 15 is 0 Å². The zero-order valence-corrected chi connectivity index (χ0v) is 18.4. The number of nitrogen functional groups attached to an aromatic ring is 1. The molecule has 0 spiro atoms. The van der Waals surface area contributed by atoms with Crippen LogP contribution in [0.2, 0.25) is 0 Å². The highest BCUT2D eigenvalue weighted by molar-refractivity contribution is 5.99. The van der Waals surface area contributed by atoms with Crippen LogP contribution in [-0.4, -0.2) is 42.1 Å². The minimum Gasteiger partial charge on any atom is -0.398 e. The van der Waals surface area contributed by atoms with Gasteiger partial charge in [-0.15, -0.1) is 0 Å². The van der Waals surface area contributed by atoms with Crippen molar-refractivity contribution >= 4 is 34.3 Å². The molecule has 1 amide bonds. The molecule has 0 atom stereocenters. The first-order chi connectivity index (χ1) is 14.9. The van der Waals surface area contributed by atoms with Gasteiger partial charge in [0.05, 0.1) is 11.1 Å². The summed E-state index contributed by atoms with van der Waals surface area (Å²) in [5, 5.41) is 7.70. The number of nitrogens with two attached hydrogens (primary N) is 1. The van der Waals surface area contributed by atoms with Crippen molar-refractivity contribution in [2.24, 2.45) is 0 Å². The molecule has 4 rings (SSSR count). The molecule has 0 radical (unpaired) electrons. The lowest BCUT2D eigenvalue weighted by Gasteiger charge is -2.30. The summed E-state index contributed by atoms with van der Waals surface area (Å²) in [6, 6.07) is 14.1. The van der Waals surface area contributed by atoms with E-state index < -0.39 is 0 Å². The zero-order valence-electron chi connectivity index (χ0n) is 18.4. The molecular weight excluding hydrogens is 388 g/mol. The molecule has 1 heterocycles. The third-order valence-electron chi connectivity index (χ3n) is 5.97. The van der Waals surface area contributed by atoms with Crippen LogP contribution in [0.5, 0.6) is 0 Å². The number of aromatic nitrogens is 2. The summed E-state index contributed by atoms with van der Waals surface area (Å²) in [7, 11) is 3.99. The minimum absolute atomic E-state index is 0.0916. The molecule has 1 saturated carbocycles. The number of carbonyl (C=O) groups is 1. The Morgan fingerprint density at radius 1 is 1.00 bits per heavy atom. The first-order valence-corrected chi connectivity index (χ1v) is 10.8. The molecule has 1 aromatic heterocycles. The van der Waals surface area contributed by atoms with E-state index in [1.165, 1.54) is 0 Å². The van der Waals surface area contributed by atoms with Crippen LogP contribution < -0.4 is 21.3 Å². The number of carbonyl (C=O) groups excluding carboxylic acids is 1. The molecule has 1 aliphatic rings. The molecule has 162 valence electrons. The van der Waals surface area contributed by atoms with Crippen molar-refractivity contribution in [3.8, 4) is 0 Å². The highest BCUT2D eigenvalue weighted by atomic mass is 16.1. The van der Waals surface area contributed by atoms with E-state index in [1.54, 1.807) is 6.07 Å². The monoisotopic (exact) mass is 418 g/mol. The highest BCUT2D eigenvalue weighted by Gasteiger charge is 2.24. The molecule has 31 heavy (non-hydrogen) atoms. The summed E-state index contributed by atoms with van der Waals surface area (Å²) in [6.45, 7) is 1.92. The van der Waals surface area contributed by atoms with Crippen LogP contribution in [0.1, 0.15) is 41.6 Å². The zero-order chi connectivity index (χ0) is 22.0. The van der Waals surface area contributed by atoms with Crippen molar-refractivity contribution in [3.05, 3.63) is 53.6 Å². The van der Waals surface area contributed by atoms with Gasteiger partial charge in [-0.25, -0.2) is 4.98 Å². The van der Waals surface area contributed by atoms with Crippen LogP contribution in [-0.2, 0) is 0 Å². The predicted molar refractivity (Wildman–Crippen MR) is 127 cm³/mol. The number of para-hydroxylation sites is 2. The Kier molecular flexibility index (Phi) is 5.93. The summed E-state index contributed by atoms with van der Waals surface area (Å²) >= 11 is 0. The summed E-state index contributed by atoms with van der Waals surface area (Å²) in [5.74, 6) is 1.47. The molecule has 0 aliphatic heterocycles. The number of aryl methyl sites for hydroxylation is 1. The van der Waals surface area contributed by atoms with Gasteiger partial charge in [0.1, 0.15) is 5.82 Å². The Balaban J connectivity index is 1.38. The molecular formula is C24H30N6O. The Hall–Kier alpha value is -3.35. The van der Waals surface area contributed by atoms with Crippen molar-refractivity contribution in [1.29, 1.82) is 0 Å². The van der Waals surface area contributed by atoms with Gasteiger partial charge in [0, 0.05) is 37.3 Å². The van der Waals surface area contributed by atoms with E-state index in [0.29, 0.717) is 17.2 Å². The number of fused-ring (bicyclic) bond motifs is 1. The van der Waals surface area contributed by atoms with Gasteiger partial charge in [-0.05, 0) is 56.4 Å². The van der Waals surface area contributed by atoms with Crippen molar-refractivity contribution in [3.63, 3.8) is 0 Å². The lowest BCUT2D eigenvalue weighted by molar-refractivity contribution is 0.0927. The van der Waals surface area contributed by atoms with Gasteiger partial charge in [0.2, 0.25) is 5.95 Å². The fourth-order valence-electron chi connectivity index (χ4n) is 4.17. The maximum absolute atomic E-state index is 12.7. The van der Waals surface area contributed by atoms with E-state index in [-0.39, 0.29) is 18.0 Å². The molecule has 4 N–H and O–H groups in total. The molecule has 1 aliphatic carbocycles. The lowest BCUT2D eigenvalue weighted by atomic mass is 9.91. The molecule has 7 nitrogen and oxygen atoms in total. The van der Waals surface area contributed by atoms with Crippen LogP contribution in [0.15, 0.2) is 42.5 Å². The number of hydrogen-bond acceptors (Lipinski definition) is 6. The maximum atomic E-state index is 12.7. The average Bonchev–Trinajstić information content (AvgIpc) is 2.76. The van der Waals surface area contributed by atoms with E-state index in [0.717, 1.165) is 48.0 Å². The number of nitrogens with one attached hydrogen (secondary N) is 2. The molecule has 0 bridgehead atoms.